The average Bonchev–Trinajstić information content (AvgIpc) is 2.57. The van der Waals surface area contributed by atoms with Crippen LogP contribution >= 0.6 is 0 Å². The molecule has 2 heteroatoms. The molecule has 0 bridgehead atoms. The Morgan fingerprint density at radius 3 is 2.33 bits per heavy atom. The molecule has 2 atom stereocenters. The lowest BCUT2D eigenvalue weighted by Crippen LogP contribution is -2.23. The van der Waals surface area contributed by atoms with E-state index < -0.39 is 0 Å². The maximum atomic E-state index is 6.00. The van der Waals surface area contributed by atoms with Crippen molar-refractivity contribution in [2.75, 3.05) is 6.61 Å². The molecule has 1 fully saturated rings. The SMILES string of the molecule is CC(OC1CCCCO1)c1ccc(-c2ccccc2)cc1. The van der Waals surface area contributed by atoms with Gasteiger partial charge in [-0.15, -0.1) is 0 Å². The number of hydrogen-bond acceptors (Lipinski definition) is 2. The number of ether oxygens (including phenoxy) is 2. The first-order chi connectivity index (χ1) is 10.3. The van der Waals surface area contributed by atoms with E-state index in [1.807, 2.05) is 6.07 Å². The molecule has 1 aliphatic heterocycles. The predicted molar refractivity (Wildman–Crippen MR) is 85.0 cm³/mol. The normalized spacial score (nSPS) is 20.1. The molecule has 0 N–H and O–H groups in total. The zero-order valence-corrected chi connectivity index (χ0v) is 12.5. The Morgan fingerprint density at radius 1 is 0.952 bits per heavy atom. The summed E-state index contributed by atoms with van der Waals surface area (Å²) in [4.78, 5) is 0. The van der Waals surface area contributed by atoms with E-state index in [4.69, 9.17) is 9.47 Å². The van der Waals surface area contributed by atoms with Gasteiger partial charge in [0.15, 0.2) is 6.29 Å². The highest BCUT2D eigenvalue weighted by atomic mass is 16.7. The van der Waals surface area contributed by atoms with Gasteiger partial charge in [0.2, 0.25) is 0 Å². The standard InChI is InChI=1S/C19H22O2/c1-15(21-19-9-5-6-14-20-19)16-10-12-18(13-11-16)17-7-3-2-4-8-17/h2-4,7-8,10-13,15,19H,5-6,9,14H2,1H3. The van der Waals surface area contributed by atoms with Crippen LogP contribution in [0.25, 0.3) is 11.1 Å². The fourth-order valence-electron chi connectivity index (χ4n) is 2.70. The minimum atomic E-state index is -0.0393. The molecule has 0 aliphatic carbocycles. The largest absolute Gasteiger partial charge is 0.353 e. The Balaban J connectivity index is 1.66. The lowest BCUT2D eigenvalue weighted by Gasteiger charge is -2.26. The fourth-order valence-corrected chi connectivity index (χ4v) is 2.70. The van der Waals surface area contributed by atoms with Crippen LogP contribution in [0.5, 0.6) is 0 Å². The Hall–Kier alpha value is -1.64. The Morgan fingerprint density at radius 2 is 1.67 bits per heavy atom. The van der Waals surface area contributed by atoms with Crippen LogP contribution in [0.4, 0.5) is 0 Å². The summed E-state index contributed by atoms with van der Waals surface area (Å²) in [5.74, 6) is 0. The first-order valence-corrected chi connectivity index (χ1v) is 7.75. The summed E-state index contributed by atoms with van der Waals surface area (Å²) in [6.07, 6.45) is 3.39. The van der Waals surface area contributed by atoms with Gasteiger partial charge in [0.05, 0.1) is 6.10 Å². The highest BCUT2D eigenvalue weighted by molar-refractivity contribution is 5.63. The monoisotopic (exact) mass is 282 g/mol. The number of rotatable bonds is 4. The molecule has 0 aromatic heterocycles. The minimum Gasteiger partial charge on any atom is -0.353 e. The second-order valence-corrected chi connectivity index (χ2v) is 5.56. The van der Waals surface area contributed by atoms with Gasteiger partial charge < -0.3 is 9.47 Å². The molecule has 2 nitrogen and oxygen atoms in total. The Kier molecular flexibility index (Phi) is 4.69. The van der Waals surface area contributed by atoms with E-state index >= 15 is 0 Å². The van der Waals surface area contributed by atoms with E-state index in [0.717, 1.165) is 19.4 Å². The maximum absolute atomic E-state index is 6.00. The Labute approximate surface area is 126 Å². The zero-order valence-electron chi connectivity index (χ0n) is 12.5. The summed E-state index contributed by atoms with van der Waals surface area (Å²) in [7, 11) is 0. The van der Waals surface area contributed by atoms with Crippen LogP contribution in [0.15, 0.2) is 54.6 Å². The molecule has 2 unspecified atom stereocenters. The second-order valence-electron chi connectivity index (χ2n) is 5.56. The molecule has 2 aromatic rings. The first kappa shape index (κ1) is 14.3. The summed E-state index contributed by atoms with van der Waals surface area (Å²) in [6.45, 7) is 2.92. The van der Waals surface area contributed by atoms with Crippen molar-refractivity contribution in [1.82, 2.24) is 0 Å². The van der Waals surface area contributed by atoms with Crippen molar-refractivity contribution in [2.45, 2.75) is 38.6 Å². The van der Waals surface area contributed by atoms with Gasteiger partial charge in [-0.25, -0.2) is 0 Å². The molecule has 2 aromatic carbocycles. The molecule has 1 heterocycles. The van der Waals surface area contributed by atoms with Crippen molar-refractivity contribution in [3.63, 3.8) is 0 Å². The van der Waals surface area contributed by atoms with Gasteiger partial charge in [-0.3, -0.25) is 0 Å². The summed E-state index contributed by atoms with van der Waals surface area (Å²) >= 11 is 0. The van der Waals surface area contributed by atoms with Crippen LogP contribution in [-0.4, -0.2) is 12.9 Å². The quantitative estimate of drug-likeness (QED) is 0.789. The van der Waals surface area contributed by atoms with Crippen LogP contribution in [0, 0.1) is 0 Å². The zero-order chi connectivity index (χ0) is 14.5. The smallest absolute Gasteiger partial charge is 0.158 e. The molecule has 21 heavy (non-hydrogen) atoms. The van der Waals surface area contributed by atoms with Crippen molar-refractivity contribution in [3.8, 4) is 11.1 Å². The van der Waals surface area contributed by atoms with E-state index in [2.05, 4.69) is 55.5 Å². The third-order valence-electron chi connectivity index (χ3n) is 3.98. The Bertz CT molecular complexity index is 542. The van der Waals surface area contributed by atoms with E-state index in [9.17, 15) is 0 Å². The van der Waals surface area contributed by atoms with Crippen molar-refractivity contribution in [2.24, 2.45) is 0 Å². The first-order valence-electron chi connectivity index (χ1n) is 7.75. The third kappa shape index (κ3) is 3.72. The van der Waals surface area contributed by atoms with Gasteiger partial charge in [-0.05, 0) is 42.9 Å². The van der Waals surface area contributed by atoms with Gasteiger partial charge in [0, 0.05) is 6.61 Å². The molecule has 110 valence electrons. The molecule has 0 radical (unpaired) electrons. The van der Waals surface area contributed by atoms with Crippen LogP contribution in [0.2, 0.25) is 0 Å². The minimum absolute atomic E-state index is 0.0393. The van der Waals surface area contributed by atoms with Gasteiger partial charge in [-0.2, -0.15) is 0 Å². The van der Waals surface area contributed by atoms with Crippen molar-refractivity contribution >= 4 is 0 Å². The predicted octanol–water partition coefficient (Wildman–Crippen LogP) is 4.96. The molecule has 0 spiro atoms. The lowest BCUT2D eigenvalue weighted by atomic mass is 10.0. The molecular weight excluding hydrogens is 260 g/mol. The number of hydrogen-bond donors (Lipinski definition) is 0. The van der Waals surface area contributed by atoms with Crippen LogP contribution < -0.4 is 0 Å². The van der Waals surface area contributed by atoms with Crippen LogP contribution in [0.3, 0.4) is 0 Å². The second kappa shape index (κ2) is 6.88. The van der Waals surface area contributed by atoms with Crippen molar-refractivity contribution in [3.05, 3.63) is 60.2 Å². The van der Waals surface area contributed by atoms with E-state index in [1.165, 1.54) is 23.1 Å². The van der Waals surface area contributed by atoms with E-state index in [-0.39, 0.29) is 12.4 Å². The van der Waals surface area contributed by atoms with Crippen LogP contribution in [-0.2, 0) is 9.47 Å². The summed E-state index contributed by atoms with van der Waals surface area (Å²) in [6, 6.07) is 19.0. The highest BCUT2D eigenvalue weighted by Crippen LogP contribution is 2.26. The molecule has 1 aliphatic rings. The fraction of sp³-hybridized carbons (Fsp3) is 0.368. The highest BCUT2D eigenvalue weighted by Gasteiger charge is 2.18. The summed E-state index contributed by atoms with van der Waals surface area (Å²) < 4.78 is 11.6. The molecule has 0 amide bonds. The molecule has 3 rings (SSSR count). The van der Waals surface area contributed by atoms with Crippen LogP contribution in [0.1, 0.15) is 37.9 Å². The summed E-state index contributed by atoms with van der Waals surface area (Å²) in [5.41, 5.74) is 3.68. The molecule has 1 saturated heterocycles. The topological polar surface area (TPSA) is 18.5 Å². The molecule has 0 saturated carbocycles. The van der Waals surface area contributed by atoms with Gasteiger partial charge in [-0.1, -0.05) is 54.6 Å². The van der Waals surface area contributed by atoms with E-state index in [0.29, 0.717) is 0 Å². The van der Waals surface area contributed by atoms with Gasteiger partial charge in [0.1, 0.15) is 0 Å². The van der Waals surface area contributed by atoms with Crippen molar-refractivity contribution in [1.29, 1.82) is 0 Å². The third-order valence-corrected chi connectivity index (χ3v) is 3.98. The van der Waals surface area contributed by atoms with Crippen molar-refractivity contribution < 1.29 is 9.47 Å². The molecular formula is C19H22O2. The van der Waals surface area contributed by atoms with Gasteiger partial charge >= 0.3 is 0 Å². The van der Waals surface area contributed by atoms with E-state index in [1.54, 1.807) is 0 Å². The maximum Gasteiger partial charge on any atom is 0.158 e. The summed E-state index contributed by atoms with van der Waals surface area (Å²) in [5, 5.41) is 0. The lowest BCUT2D eigenvalue weighted by molar-refractivity contribution is -0.186. The average molecular weight is 282 g/mol. The number of benzene rings is 2. The van der Waals surface area contributed by atoms with Gasteiger partial charge in [0.25, 0.3) is 0 Å².